The van der Waals surface area contributed by atoms with Crippen molar-refractivity contribution in [3.8, 4) is 0 Å². The third-order valence-corrected chi connectivity index (χ3v) is 15.2. The summed E-state index contributed by atoms with van der Waals surface area (Å²) in [7, 11) is 0. The number of hydrogen-bond acceptors (Lipinski definition) is 2. The van der Waals surface area contributed by atoms with Crippen LogP contribution in [0.2, 0.25) is 0 Å². The van der Waals surface area contributed by atoms with Crippen molar-refractivity contribution < 1.29 is 0 Å². The third kappa shape index (κ3) is 7.34. The zero-order valence-corrected chi connectivity index (χ0v) is 40.9. The van der Waals surface area contributed by atoms with Crippen LogP contribution >= 0.6 is 0 Å². The number of nitrogens with zero attached hydrogens (tertiary/aromatic N) is 2. The van der Waals surface area contributed by atoms with Gasteiger partial charge in [-0.3, -0.25) is 0 Å². The van der Waals surface area contributed by atoms with Crippen LogP contribution in [-0.4, -0.2) is 0 Å². The molecule has 0 unspecified atom stereocenters. The summed E-state index contributed by atoms with van der Waals surface area (Å²) in [5, 5.41) is 0. The minimum atomic E-state index is -0.700. The predicted octanol–water partition coefficient (Wildman–Crippen LogP) is 18.4. The van der Waals surface area contributed by atoms with Crippen molar-refractivity contribution in [3.63, 3.8) is 0 Å². The molecule has 2 heteroatoms. The van der Waals surface area contributed by atoms with E-state index in [0.717, 1.165) is 45.3 Å². The van der Waals surface area contributed by atoms with Gasteiger partial charge in [0.05, 0.1) is 10.8 Å². The molecule has 0 atom stereocenters. The van der Waals surface area contributed by atoms with Crippen LogP contribution in [0.15, 0.2) is 303 Å². The highest BCUT2D eigenvalue weighted by Crippen LogP contribution is 2.70. The highest BCUT2D eigenvalue weighted by atomic mass is 15.1. The summed E-state index contributed by atoms with van der Waals surface area (Å²) in [6.45, 7) is 0. The van der Waals surface area contributed by atoms with E-state index in [1.165, 1.54) is 55.7 Å². The highest BCUT2D eigenvalue weighted by molar-refractivity contribution is 6.16. The predicted molar refractivity (Wildman–Crippen MR) is 310 cm³/mol. The van der Waals surface area contributed by atoms with E-state index in [2.05, 4.69) is 325 Å². The van der Waals surface area contributed by atoms with E-state index in [9.17, 15) is 0 Å². The van der Waals surface area contributed by atoms with Crippen LogP contribution in [-0.2, 0) is 10.8 Å². The molecule has 0 saturated heterocycles. The molecule has 2 aliphatic rings. The van der Waals surface area contributed by atoms with Gasteiger partial charge >= 0.3 is 0 Å². The van der Waals surface area contributed by atoms with Gasteiger partial charge in [0.2, 0.25) is 0 Å². The van der Waals surface area contributed by atoms with Gasteiger partial charge in [-0.15, -0.1) is 0 Å². The Morgan fingerprint density at radius 2 is 0.500 bits per heavy atom. The molecule has 13 rings (SSSR count). The maximum absolute atomic E-state index is 2.50. The van der Waals surface area contributed by atoms with Crippen molar-refractivity contribution in [3.05, 3.63) is 359 Å². The van der Waals surface area contributed by atoms with E-state index >= 15 is 0 Å². The molecular weight excluding hydrogens is 893 g/mol. The summed E-state index contributed by atoms with van der Waals surface area (Å²) in [6, 6.07) is 111. The van der Waals surface area contributed by atoms with Gasteiger partial charge in [-0.2, -0.15) is 0 Å². The van der Waals surface area contributed by atoms with Gasteiger partial charge < -0.3 is 9.80 Å². The lowest BCUT2D eigenvalue weighted by Crippen LogP contribution is -2.31. The number of hydrogen-bond donors (Lipinski definition) is 0. The molecule has 0 heterocycles. The molecule has 0 radical (unpaired) electrons. The third-order valence-electron chi connectivity index (χ3n) is 15.2. The molecule has 11 aromatic carbocycles. The second-order valence-corrected chi connectivity index (χ2v) is 19.2. The molecule has 2 nitrogen and oxygen atoms in total. The van der Waals surface area contributed by atoms with Crippen LogP contribution in [0.25, 0.3) is 23.3 Å². The van der Waals surface area contributed by atoms with Crippen molar-refractivity contribution in [1.29, 1.82) is 0 Å². The smallest absolute Gasteiger partial charge is 0.0717 e. The second kappa shape index (κ2) is 18.9. The van der Waals surface area contributed by atoms with Crippen LogP contribution in [0.3, 0.4) is 0 Å². The van der Waals surface area contributed by atoms with Gasteiger partial charge in [-0.25, -0.2) is 0 Å². The molecule has 74 heavy (non-hydrogen) atoms. The summed E-state index contributed by atoms with van der Waals surface area (Å²) in [5.74, 6) is 0. The van der Waals surface area contributed by atoms with Gasteiger partial charge in [0.15, 0.2) is 0 Å². The molecule has 0 fully saturated rings. The Labute approximate surface area is 434 Å². The van der Waals surface area contributed by atoms with Gasteiger partial charge in [0.25, 0.3) is 0 Å². The van der Waals surface area contributed by atoms with E-state index in [1.807, 2.05) is 0 Å². The molecular formula is C72H52N2. The fraction of sp³-hybridized carbons (Fsp3) is 0.0278. The Kier molecular flexibility index (Phi) is 11.4. The lowest BCUT2D eigenvalue weighted by molar-refractivity contribution is 0.800. The normalized spacial score (nSPS) is 13.8. The number of allylic oxidation sites excluding steroid dienone is 2. The number of anilines is 6. The lowest BCUT2D eigenvalue weighted by Gasteiger charge is -2.38. The summed E-state index contributed by atoms with van der Waals surface area (Å²) in [6.07, 6.45) is 4.54. The number of rotatable bonds is 12. The van der Waals surface area contributed by atoms with Crippen molar-refractivity contribution >= 4 is 57.4 Å². The first-order chi connectivity index (χ1) is 36.7. The Bertz CT molecular complexity index is 3620. The van der Waals surface area contributed by atoms with Crippen molar-refractivity contribution in [2.75, 3.05) is 9.80 Å². The molecule has 0 aromatic heterocycles. The Hall–Kier alpha value is -9.50. The first kappa shape index (κ1) is 44.4. The number of para-hydroxylation sites is 4. The highest BCUT2D eigenvalue weighted by Gasteiger charge is 2.59. The maximum Gasteiger partial charge on any atom is 0.0717 e. The van der Waals surface area contributed by atoms with Crippen molar-refractivity contribution in [1.82, 2.24) is 0 Å². The first-order valence-corrected chi connectivity index (χ1v) is 25.6. The molecule has 350 valence electrons. The topological polar surface area (TPSA) is 6.48 Å². The van der Waals surface area contributed by atoms with Crippen LogP contribution in [0.5, 0.6) is 0 Å². The summed E-state index contributed by atoms with van der Waals surface area (Å²) in [4.78, 5) is 4.70. The molecule has 0 bridgehead atoms. The second-order valence-electron chi connectivity index (χ2n) is 19.2. The zero-order valence-electron chi connectivity index (χ0n) is 40.9. The Balaban J connectivity index is 1.03. The molecule has 11 aromatic rings. The average Bonchev–Trinajstić information content (AvgIpc) is 4.00. The summed E-state index contributed by atoms with van der Waals surface area (Å²) >= 11 is 0. The Morgan fingerprint density at radius 1 is 0.230 bits per heavy atom. The van der Waals surface area contributed by atoms with Crippen LogP contribution in [0, 0.1) is 0 Å². The van der Waals surface area contributed by atoms with Gasteiger partial charge in [0.1, 0.15) is 0 Å². The van der Waals surface area contributed by atoms with E-state index < -0.39 is 10.8 Å². The summed E-state index contributed by atoms with van der Waals surface area (Å²) < 4.78 is 0. The van der Waals surface area contributed by atoms with Gasteiger partial charge in [-0.05, 0) is 146 Å². The molecule has 0 N–H and O–H groups in total. The number of fused-ring (bicyclic) bond motifs is 4. The van der Waals surface area contributed by atoms with Gasteiger partial charge in [0, 0.05) is 34.1 Å². The minimum absolute atomic E-state index is 0.683. The fourth-order valence-corrected chi connectivity index (χ4v) is 12.1. The van der Waals surface area contributed by atoms with Crippen molar-refractivity contribution in [2.45, 2.75) is 10.8 Å². The minimum Gasteiger partial charge on any atom is -0.311 e. The zero-order chi connectivity index (χ0) is 49.3. The maximum atomic E-state index is 2.50. The molecule has 0 saturated carbocycles. The van der Waals surface area contributed by atoms with Crippen LogP contribution < -0.4 is 9.80 Å². The van der Waals surface area contributed by atoms with E-state index in [0.29, 0.717) is 0 Å². The van der Waals surface area contributed by atoms with E-state index in [4.69, 9.17) is 0 Å². The molecule has 0 aliphatic heterocycles. The monoisotopic (exact) mass is 944 g/mol. The lowest BCUT2D eigenvalue weighted by atomic mass is 9.64. The van der Waals surface area contributed by atoms with E-state index in [-0.39, 0.29) is 0 Å². The molecule has 0 spiro atoms. The fourth-order valence-electron chi connectivity index (χ4n) is 12.1. The van der Waals surface area contributed by atoms with Gasteiger partial charge in [-0.1, -0.05) is 237 Å². The Morgan fingerprint density at radius 3 is 0.878 bits per heavy atom. The first-order valence-electron chi connectivity index (χ1n) is 25.6. The number of benzene rings is 11. The summed E-state index contributed by atoms with van der Waals surface area (Å²) in [5.41, 5.74) is 20.2. The standard InChI is InChI=1S/C72H52N2/c1-9-25-55(26-10-1)71(56-27-11-2-12-28-56)67-51-54(42-41-53-43-46-63(47-44-53)73(59-33-17-5-18-34-59)60-35-19-6-20-36-60)45-49-65(67)69-70(71)66-50-48-64(74(61-37-21-7-22-38-61)62-39-23-8-24-40-62)52-68(66)72(69,57-29-13-3-14-30-57)58-31-15-4-16-32-58/h1-52H/b42-41+. The SMILES string of the molecule is C(=C\c1ccc2c(c1)C(c1ccccc1)(c1ccccc1)C1=C2C(c2ccccc2)(c2ccccc2)c2cc(N(c3ccccc3)c3ccccc3)ccc21)/c1ccc(N(c2ccccc2)c2ccccc2)cc1. The van der Waals surface area contributed by atoms with Crippen LogP contribution in [0.4, 0.5) is 34.1 Å². The molecule has 0 amide bonds. The van der Waals surface area contributed by atoms with Crippen LogP contribution in [0.1, 0.15) is 55.6 Å². The molecule has 2 aliphatic carbocycles. The van der Waals surface area contributed by atoms with E-state index in [1.54, 1.807) is 0 Å². The quantitative estimate of drug-likeness (QED) is 0.113. The van der Waals surface area contributed by atoms with Crippen molar-refractivity contribution in [2.24, 2.45) is 0 Å². The largest absolute Gasteiger partial charge is 0.311 e. The average molecular weight is 945 g/mol.